The van der Waals surface area contributed by atoms with Crippen LogP contribution in [-0.2, 0) is 0 Å². The van der Waals surface area contributed by atoms with E-state index in [4.69, 9.17) is 23.2 Å². The molecule has 0 nitrogen and oxygen atoms in total. The van der Waals surface area contributed by atoms with Gasteiger partial charge in [-0.2, -0.15) is 0 Å². The van der Waals surface area contributed by atoms with Gasteiger partial charge in [0.05, 0.1) is 1.93 Å². The Kier molecular flexibility index (Phi) is 4.22. The van der Waals surface area contributed by atoms with Crippen LogP contribution in [0.3, 0.4) is 0 Å². The second-order valence-electron chi connectivity index (χ2n) is 1.26. The Morgan fingerprint density at radius 2 is 1.57 bits per heavy atom. The van der Waals surface area contributed by atoms with Crippen molar-refractivity contribution in [3.05, 3.63) is 0 Å². The molecule has 0 aliphatic rings. The second-order valence-corrected chi connectivity index (χ2v) is 7.90. The Bertz CT molecular complexity index is 56.4. The molecule has 0 aromatic rings. The van der Waals surface area contributed by atoms with Gasteiger partial charge in [0.1, 0.15) is 4.33 Å². The standard InChI is InChI=1S/C3H4Cl2I2/c1-3(4,5)2(6)7/h2H,1H3. The van der Waals surface area contributed by atoms with Gasteiger partial charge in [-0.3, -0.25) is 0 Å². The Morgan fingerprint density at radius 3 is 1.57 bits per heavy atom. The third-order valence-electron chi connectivity index (χ3n) is 0.383. The van der Waals surface area contributed by atoms with Crippen LogP contribution in [0, 0.1) is 0 Å². The Balaban J connectivity index is 3.54. The van der Waals surface area contributed by atoms with Gasteiger partial charge in [-0.15, -0.1) is 0 Å². The van der Waals surface area contributed by atoms with Gasteiger partial charge in [-0.25, -0.2) is 0 Å². The van der Waals surface area contributed by atoms with Gasteiger partial charge in [0.25, 0.3) is 0 Å². The molecular formula is C3H4Cl2I2. The van der Waals surface area contributed by atoms with E-state index in [0.29, 0.717) is 0 Å². The molecule has 44 valence electrons. The van der Waals surface area contributed by atoms with Crippen molar-refractivity contribution in [2.75, 3.05) is 0 Å². The van der Waals surface area contributed by atoms with E-state index in [-0.39, 0.29) is 1.93 Å². The molecule has 0 spiro atoms. The highest BCUT2D eigenvalue weighted by Gasteiger charge is 2.23. The first-order chi connectivity index (χ1) is 2.94. The number of halogens is 4. The molecule has 0 aliphatic heterocycles. The summed E-state index contributed by atoms with van der Waals surface area (Å²) >= 11 is 15.6. The van der Waals surface area contributed by atoms with E-state index in [0.717, 1.165) is 0 Å². The maximum atomic E-state index is 5.62. The second kappa shape index (κ2) is 3.27. The molecule has 4 heteroatoms. The van der Waals surface area contributed by atoms with Crippen molar-refractivity contribution in [3.63, 3.8) is 0 Å². The SMILES string of the molecule is CC(Cl)(Cl)C(I)I. The number of rotatable bonds is 1. The van der Waals surface area contributed by atoms with Crippen LogP contribution in [0.4, 0.5) is 0 Å². The highest BCUT2D eigenvalue weighted by Crippen LogP contribution is 2.34. The van der Waals surface area contributed by atoms with Crippen molar-refractivity contribution >= 4 is 68.4 Å². The lowest BCUT2D eigenvalue weighted by atomic mass is 10.6. The fourth-order valence-electron chi connectivity index (χ4n) is 0. The van der Waals surface area contributed by atoms with Crippen molar-refractivity contribution in [1.82, 2.24) is 0 Å². The lowest BCUT2D eigenvalue weighted by Gasteiger charge is -2.13. The minimum atomic E-state index is -0.582. The summed E-state index contributed by atoms with van der Waals surface area (Å²) in [6.07, 6.45) is 0. The van der Waals surface area contributed by atoms with Gasteiger partial charge in [-0.1, -0.05) is 68.4 Å². The van der Waals surface area contributed by atoms with Crippen molar-refractivity contribution in [2.24, 2.45) is 0 Å². The molecule has 0 aromatic carbocycles. The molecule has 0 saturated carbocycles. The summed E-state index contributed by atoms with van der Waals surface area (Å²) in [5, 5.41) is 0. The summed E-state index contributed by atoms with van der Waals surface area (Å²) in [6, 6.07) is 0. The Labute approximate surface area is 80.6 Å². The van der Waals surface area contributed by atoms with Crippen LogP contribution in [0.15, 0.2) is 0 Å². The molecule has 0 radical (unpaired) electrons. The molecule has 0 unspecified atom stereocenters. The first kappa shape index (κ1) is 9.04. The van der Waals surface area contributed by atoms with Crippen LogP contribution < -0.4 is 0 Å². The average Bonchev–Trinajstić information content (AvgIpc) is 1.31. The lowest BCUT2D eigenvalue weighted by Crippen LogP contribution is -2.14. The molecule has 7 heavy (non-hydrogen) atoms. The summed E-state index contributed by atoms with van der Waals surface area (Å²) < 4.78 is -0.313. The van der Waals surface area contributed by atoms with Crippen LogP contribution >= 0.6 is 68.4 Å². The van der Waals surface area contributed by atoms with E-state index in [2.05, 4.69) is 45.2 Å². The van der Waals surface area contributed by atoms with Gasteiger partial charge in [-0.05, 0) is 6.92 Å². The summed E-state index contributed by atoms with van der Waals surface area (Å²) in [6.45, 7) is 1.78. The van der Waals surface area contributed by atoms with Gasteiger partial charge < -0.3 is 0 Å². The molecule has 0 aromatic heterocycles. The number of hydrogen-bond donors (Lipinski definition) is 0. The quantitative estimate of drug-likeness (QED) is 0.494. The Hall–Kier alpha value is 2.04. The molecule has 0 N–H and O–H groups in total. The number of hydrogen-bond acceptors (Lipinski definition) is 0. The van der Waals surface area contributed by atoms with Crippen molar-refractivity contribution < 1.29 is 0 Å². The lowest BCUT2D eigenvalue weighted by molar-refractivity contribution is 1.01. The summed E-state index contributed by atoms with van der Waals surface area (Å²) in [7, 11) is 0. The van der Waals surface area contributed by atoms with Crippen LogP contribution in [0.1, 0.15) is 6.92 Å². The zero-order chi connectivity index (χ0) is 6.08. The van der Waals surface area contributed by atoms with E-state index in [1.807, 2.05) is 0 Å². The molecule has 0 aliphatic carbocycles. The van der Waals surface area contributed by atoms with Crippen molar-refractivity contribution in [1.29, 1.82) is 0 Å². The van der Waals surface area contributed by atoms with E-state index in [1.54, 1.807) is 6.92 Å². The average molecular weight is 365 g/mol. The summed E-state index contributed by atoms with van der Waals surface area (Å²) in [4.78, 5) is 0. The molecule has 0 fully saturated rings. The van der Waals surface area contributed by atoms with Gasteiger partial charge in [0.2, 0.25) is 0 Å². The minimum Gasteiger partial charge on any atom is -0.0999 e. The Morgan fingerprint density at radius 1 is 1.43 bits per heavy atom. The molecule has 0 rings (SSSR count). The van der Waals surface area contributed by atoms with Gasteiger partial charge in [0.15, 0.2) is 0 Å². The maximum absolute atomic E-state index is 5.62. The van der Waals surface area contributed by atoms with Crippen LogP contribution in [0.25, 0.3) is 0 Å². The van der Waals surface area contributed by atoms with Crippen molar-refractivity contribution in [3.8, 4) is 0 Å². The maximum Gasteiger partial charge on any atom is 0.136 e. The first-order valence-electron chi connectivity index (χ1n) is 1.60. The summed E-state index contributed by atoms with van der Waals surface area (Å²) in [5.41, 5.74) is 0. The molecule has 0 bridgehead atoms. The molecule has 0 atom stereocenters. The highest BCUT2D eigenvalue weighted by atomic mass is 127. The molecular weight excluding hydrogens is 361 g/mol. The fraction of sp³-hybridized carbons (Fsp3) is 1.00. The largest absolute Gasteiger partial charge is 0.136 e. The number of alkyl halides is 4. The van der Waals surface area contributed by atoms with Crippen LogP contribution in [0.5, 0.6) is 0 Å². The van der Waals surface area contributed by atoms with Crippen LogP contribution in [-0.4, -0.2) is 6.26 Å². The molecule has 0 saturated heterocycles. The molecule has 0 amide bonds. The zero-order valence-corrected chi connectivity index (χ0v) is 9.42. The van der Waals surface area contributed by atoms with Gasteiger partial charge in [0, 0.05) is 0 Å². The fourth-order valence-corrected chi connectivity index (χ4v) is 0. The highest BCUT2D eigenvalue weighted by molar-refractivity contribution is 14.2. The summed E-state index contributed by atoms with van der Waals surface area (Å²) in [5.74, 6) is 0. The van der Waals surface area contributed by atoms with Gasteiger partial charge >= 0.3 is 0 Å². The third-order valence-corrected chi connectivity index (χ3v) is 4.78. The monoisotopic (exact) mass is 364 g/mol. The zero-order valence-electron chi connectivity index (χ0n) is 3.59. The topological polar surface area (TPSA) is 0 Å². The van der Waals surface area contributed by atoms with Crippen molar-refractivity contribution in [2.45, 2.75) is 13.2 Å². The van der Waals surface area contributed by atoms with E-state index < -0.39 is 4.33 Å². The normalized spacial score (nSPS) is 12.9. The smallest absolute Gasteiger partial charge is 0.0999 e. The van der Waals surface area contributed by atoms with E-state index >= 15 is 0 Å². The molecule has 0 heterocycles. The third kappa shape index (κ3) is 4.54. The minimum absolute atomic E-state index is 0.269. The predicted molar refractivity (Wildman–Crippen MR) is 51.9 cm³/mol. The van der Waals surface area contributed by atoms with E-state index in [9.17, 15) is 0 Å². The van der Waals surface area contributed by atoms with Crippen LogP contribution in [0.2, 0.25) is 0 Å². The predicted octanol–water partition coefficient (Wildman–Crippen LogP) is 3.38. The first-order valence-corrected chi connectivity index (χ1v) is 4.85. The van der Waals surface area contributed by atoms with E-state index in [1.165, 1.54) is 0 Å².